The minimum atomic E-state index is 0.0488. The molecule has 1 heterocycles. The Labute approximate surface area is 134 Å². The van der Waals surface area contributed by atoms with Crippen LogP contribution in [0.5, 0.6) is 11.5 Å². The quantitative estimate of drug-likeness (QED) is 0.857. The van der Waals surface area contributed by atoms with Crippen LogP contribution in [0.25, 0.3) is 0 Å². The summed E-state index contributed by atoms with van der Waals surface area (Å²) in [5.41, 5.74) is 1.57. The molecule has 1 aromatic heterocycles. The SMILES string of the molecule is COc1ccc(OC)c(Nc2ccc(NC(=O)C3CC3)nc2)c1. The number of hydrogen-bond donors (Lipinski definition) is 2. The number of pyridine rings is 1. The first kappa shape index (κ1) is 15.1. The molecule has 0 bridgehead atoms. The zero-order valence-electron chi connectivity index (χ0n) is 13.1. The Morgan fingerprint density at radius 2 is 2.00 bits per heavy atom. The van der Waals surface area contributed by atoms with Gasteiger partial charge in [0.2, 0.25) is 5.91 Å². The minimum absolute atomic E-state index is 0.0488. The van der Waals surface area contributed by atoms with Gasteiger partial charge in [0.25, 0.3) is 0 Å². The third-order valence-electron chi connectivity index (χ3n) is 3.65. The molecule has 0 saturated heterocycles. The van der Waals surface area contributed by atoms with Gasteiger partial charge in [0.05, 0.1) is 31.8 Å². The monoisotopic (exact) mass is 313 g/mol. The van der Waals surface area contributed by atoms with Gasteiger partial charge in [-0.05, 0) is 37.1 Å². The maximum atomic E-state index is 11.7. The Morgan fingerprint density at radius 3 is 2.61 bits per heavy atom. The molecule has 120 valence electrons. The summed E-state index contributed by atoms with van der Waals surface area (Å²) in [6, 6.07) is 9.14. The molecule has 0 aliphatic heterocycles. The van der Waals surface area contributed by atoms with Crippen LogP contribution in [0.3, 0.4) is 0 Å². The molecule has 3 rings (SSSR count). The zero-order chi connectivity index (χ0) is 16.2. The van der Waals surface area contributed by atoms with Crippen LogP contribution in [-0.2, 0) is 4.79 Å². The Hall–Kier alpha value is -2.76. The van der Waals surface area contributed by atoms with Gasteiger partial charge in [-0.15, -0.1) is 0 Å². The summed E-state index contributed by atoms with van der Waals surface area (Å²) in [4.78, 5) is 16.0. The number of anilines is 3. The van der Waals surface area contributed by atoms with E-state index in [2.05, 4.69) is 15.6 Å². The Bertz CT molecular complexity index is 697. The first-order valence-corrected chi connectivity index (χ1v) is 7.45. The van der Waals surface area contributed by atoms with Crippen molar-refractivity contribution in [3.63, 3.8) is 0 Å². The number of amides is 1. The highest BCUT2D eigenvalue weighted by molar-refractivity contribution is 5.93. The number of methoxy groups -OCH3 is 2. The van der Waals surface area contributed by atoms with Crippen LogP contribution in [0.1, 0.15) is 12.8 Å². The molecule has 1 amide bonds. The third kappa shape index (κ3) is 3.71. The summed E-state index contributed by atoms with van der Waals surface area (Å²) in [6.45, 7) is 0. The van der Waals surface area contributed by atoms with Crippen molar-refractivity contribution in [1.29, 1.82) is 0 Å². The van der Waals surface area contributed by atoms with Crippen molar-refractivity contribution < 1.29 is 14.3 Å². The van der Waals surface area contributed by atoms with Gasteiger partial charge >= 0.3 is 0 Å². The van der Waals surface area contributed by atoms with Gasteiger partial charge in [-0.2, -0.15) is 0 Å². The summed E-state index contributed by atoms with van der Waals surface area (Å²) in [7, 11) is 3.23. The van der Waals surface area contributed by atoms with Crippen LogP contribution in [0.15, 0.2) is 36.5 Å². The van der Waals surface area contributed by atoms with Crippen molar-refractivity contribution in [2.75, 3.05) is 24.9 Å². The number of nitrogens with one attached hydrogen (secondary N) is 2. The molecule has 1 aliphatic rings. The maximum Gasteiger partial charge on any atom is 0.228 e. The van der Waals surface area contributed by atoms with E-state index in [1.54, 1.807) is 26.5 Å². The van der Waals surface area contributed by atoms with E-state index in [1.807, 2.05) is 24.3 Å². The molecule has 2 aromatic rings. The van der Waals surface area contributed by atoms with Crippen molar-refractivity contribution >= 4 is 23.1 Å². The maximum absolute atomic E-state index is 11.7. The van der Waals surface area contributed by atoms with E-state index in [1.165, 1.54) is 0 Å². The first-order chi connectivity index (χ1) is 11.2. The zero-order valence-corrected chi connectivity index (χ0v) is 13.1. The Balaban J connectivity index is 1.71. The third-order valence-corrected chi connectivity index (χ3v) is 3.65. The number of aromatic nitrogens is 1. The predicted molar refractivity (Wildman–Crippen MR) is 88.4 cm³/mol. The molecule has 1 saturated carbocycles. The summed E-state index contributed by atoms with van der Waals surface area (Å²) in [5.74, 6) is 2.21. The van der Waals surface area contributed by atoms with Crippen LogP contribution in [-0.4, -0.2) is 25.1 Å². The van der Waals surface area contributed by atoms with Crippen molar-refractivity contribution in [2.24, 2.45) is 5.92 Å². The Morgan fingerprint density at radius 1 is 1.17 bits per heavy atom. The van der Waals surface area contributed by atoms with Crippen molar-refractivity contribution in [3.05, 3.63) is 36.5 Å². The highest BCUT2D eigenvalue weighted by Gasteiger charge is 2.29. The average molecular weight is 313 g/mol. The van der Waals surface area contributed by atoms with E-state index in [9.17, 15) is 4.79 Å². The summed E-state index contributed by atoms with van der Waals surface area (Å²) >= 11 is 0. The van der Waals surface area contributed by atoms with Gasteiger partial charge in [0.1, 0.15) is 17.3 Å². The normalized spacial score (nSPS) is 13.3. The molecule has 6 heteroatoms. The van der Waals surface area contributed by atoms with Gasteiger partial charge in [0.15, 0.2) is 0 Å². The van der Waals surface area contributed by atoms with Crippen molar-refractivity contribution in [1.82, 2.24) is 4.98 Å². The molecule has 0 unspecified atom stereocenters. The van der Waals surface area contributed by atoms with E-state index in [4.69, 9.17) is 9.47 Å². The molecule has 23 heavy (non-hydrogen) atoms. The van der Waals surface area contributed by atoms with E-state index in [0.29, 0.717) is 11.6 Å². The number of hydrogen-bond acceptors (Lipinski definition) is 5. The molecule has 1 fully saturated rings. The second-order valence-electron chi connectivity index (χ2n) is 5.39. The second kappa shape index (κ2) is 6.56. The van der Waals surface area contributed by atoms with Crippen LogP contribution in [0, 0.1) is 5.92 Å². The fourth-order valence-corrected chi connectivity index (χ4v) is 2.18. The molecule has 1 aromatic carbocycles. The lowest BCUT2D eigenvalue weighted by molar-refractivity contribution is -0.117. The lowest BCUT2D eigenvalue weighted by Crippen LogP contribution is -2.14. The summed E-state index contributed by atoms with van der Waals surface area (Å²) < 4.78 is 10.6. The molecule has 0 radical (unpaired) electrons. The Kier molecular flexibility index (Phi) is 4.32. The van der Waals surface area contributed by atoms with E-state index in [0.717, 1.165) is 30.0 Å². The molecule has 1 aliphatic carbocycles. The largest absolute Gasteiger partial charge is 0.497 e. The summed E-state index contributed by atoms with van der Waals surface area (Å²) in [6.07, 6.45) is 3.61. The van der Waals surface area contributed by atoms with Crippen molar-refractivity contribution in [2.45, 2.75) is 12.8 Å². The average Bonchev–Trinajstić information content (AvgIpc) is 3.41. The van der Waals surface area contributed by atoms with Crippen LogP contribution in [0.2, 0.25) is 0 Å². The van der Waals surface area contributed by atoms with Gasteiger partial charge < -0.3 is 20.1 Å². The fourth-order valence-electron chi connectivity index (χ4n) is 2.18. The van der Waals surface area contributed by atoms with E-state index < -0.39 is 0 Å². The molecular formula is C17H19N3O3. The van der Waals surface area contributed by atoms with E-state index in [-0.39, 0.29) is 11.8 Å². The standard InChI is InChI=1S/C17H19N3O3/c1-22-13-6-7-15(23-2)14(9-13)19-12-5-8-16(18-10-12)20-17(21)11-3-4-11/h5-11,19H,3-4H2,1-2H3,(H,18,20,21). The molecule has 2 N–H and O–H groups in total. The topological polar surface area (TPSA) is 72.5 Å². The number of ether oxygens (including phenoxy) is 2. The fraction of sp³-hybridized carbons (Fsp3) is 0.294. The highest BCUT2D eigenvalue weighted by Crippen LogP contribution is 2.32. The molecule has 0 spiro atoms. The van der Waals surface area contributed by atoms with Gasteiger partial charge in [0, 0.05) is 12.0 Å². The minimum Gasteiger partial charge on any atom is -0.497 e. The second-order valence-corrected chi connectivity index (χ2v) is 5.39. The molecule has 0 atom stereocenters. The van der Waals surface area contributed by atoms with Crippen LogP contribution in [0.4, 0.5) is 17.2 Å². The van der Waals surface area contributed by atoms with Gasteiger partial charge in [-0.25, -0.2) is 4.98 Å². The van der Waals surface area contributed by atoms with Crippen molar-refractivity contribution in [3.8, 4) is 11.5 Å². The summed E-state index contributed by atoms with van der Waals surface area (Å²) in [5, 5.41) is 6.05. The van der Waals surface area contributed by atoms with Gasteiger partial charge in [-0.3, -0.25) is 4.79 Å². The lowest BCUT2D eigenvalue weighted by atomic mass is 10.2. The number of benzene rings is 1. The number of carbonyl (C=O) groups is 1. The molecular weight excluding hydrogens is 294 g/mol. The number of nitrogens with zero attached hydrogens (tertiary/aromatic N) is 1. The first-order valence-electron chi connectivity index (χ1n) is 7.45. The van der Waals surface area contributed by atoms with Crippen LogP contribution >= 0.6 is 0 Å². The van der Waals surface area contributed by atoms with E-state index >= 15 is 0 Å². The number of rotatable bonds is 6. The predicted octanol–water partition coefficient (Wildman–Crippen LogP) is 3.19. The molecule has 6 nitrogen and oxygen atoms in total. The lowest BCUT2D eigenvalue weighted by Gasteiger charge is -2.13. The van der Waals surface area contributed by atoms with Gasteiger partial charge in [-0.1, -0.05) is 0 Å². The number of carbonyl (C=O) groups excluding carboxylic acids is 1. The highest BCUT2D eigenvalue weighted by atomic mass is 16.5. The van der Waals surface area contributed by atoms with Crippen LogP contribution < -0.4 is 20.1 Å². The smallest absolute Gasteiger partial charge is 0.228 e.